The SMILES string of the molecule is C[C@H]1CN(C(=O)OC(C)(C)C)CCN1c1nc(OC2CCCC2N(C)C)nc2cc(Br)c(Cl)cc12. The summed E-state index contributed by atoms with van der Waals surface area (Å²) in [7, 11) is 4.17. The summed E-state index contributed by atoms with van der Waals surface area (Å²) < 4.78 is 12.7. The predicted molar refractivity (Wildman–Crippen MR) is 143 cm³/mol. The molecular weight excluding hydrogens is 534 g/mol. The molecule has 2 aliphatic rings. The van der Waals surface area contributed by atoms with Crippen LogP contribution >= 0.6 is 27.5 Å². The van der Waals surface area contributed by atoms with E-state index in [1.807, 2.05) is 32.9 Å². The van der Waals surface area contributed by atoms with Gasteiger partial charge in [-0.15, -0.1) is 0 Å². The third-order valence-electron chi connectivity index (χ3n) is 6.59. The van der Waals surface area contributed by atoms with E-state index in [1.54, 1.807) is 4.90 Å². The average molecular weight is 569 g/mol. The van der Waals surface area contributed by atoms with Crippen LogP contribution in [-0.2, 0) is 4.74 Å². The number of carbonyl (C=O) groups is 1. The lowest BCUT2D eigenvalue weighted by Gasteiger charge is -2.41. The van der Waals surface area contributed by atoms with Gasteiger partial charge in [0.2, 0.25) is 0 Å². The molecular formula is C25H35BrClN5O3. The average Bonchev–Trinajstić information content (AvgIpc) is 3.21. The molecule has 2 heterocycles. The molecule has 3 atom stereocenters. The number of amides is 1. The largest absolute Gasteiger partial charge is 0.458 e. The summed E-state index contributed by atoms with van der Waals surface area (Å²) in [5.41, 5.74) is 0.240. The smallest absolute Gasteiger partial charge is 0.410 e. The monoisotopic (exact) mass is 567 g/mol. The second-order valence-corrected chi connectivity index (χ2v) is 12.0. The van der Waals surface area contributed by atoms with Crippen molar-refractivity contribution in [3.05, 3.63) is 21.6 Å². The van der Waals surface area contributed by atoms with Crippen molar-refractivity contribution in [2.24, 2.45) is 0 Å². The highest BCUT2D eigenvalue weighted by Gasteiger charge is 2.34. The maximum atomic E-state index is 12.6. The zero-order chi connectivity index (χ0) is 25.5. The van der Waals surface area contributed by atoms with E-state index in [-0.39, 0.29) is 18.2 Å². The number of aromatic nitrogens is 2. The Labute approximate surface area is 221 Å². The maximum Gasteiger partial charge on any atom is 0.410 e. The highest BCUT2D eigenvalue weighted by atomic mass is 79.9. The number of halogens is 2. The molecule has 2 fully saturated rings. The first-order chi connectivity index (χ1) is 16.4. The number of hydrogen-bond donors (Lipinski definition) is 0. The fraction of sp³-hybridized carbons (Fsp3) is 0.640. The molecule has 1 aromatic heterocycles. The molecule has 1 aromatic carbocycles. The minimum Gasteiger partial charge on any atom is -0.458 e. The second-order valence-electron chi connectivity index (χ2n) is 10.7. The molecule has 1 saturated carbocycles. The van der Waals surface area contributed by atoms with E-state index in [9.17, 15) is 4.79 Å². The third-order valence-corrected chi connectivity index (χ3v) is 7.78. The number of piperazine rings is 1. The minimum absolute atomic E-state index is 0.0191. The first kappa shape index (κ1) is 26.2. The minimum atomic E-state index is -0.526. The number of nitrogens with zero attached hydrogens (tertiary/aromatic N) is 5. The summed E-state index contributed by atoms with van der Waals surface area (Å²) in [5, 5.41) is 1.46. The van der Waals surface area contributed by atoms with Crippen LogP contribution in [0, 0.1) is 0 Å². The third kappa shape index (κ3) is 5.94. The molecule has 0 N–H and O–H groups in total. The molecule has 0 bridgehead atoms. The van der Waals surface area contributed by atoms with Gasteiger partial charge in [-0.3, -0.25) is 0 Å². The van der Waals surface area contributed by atoms with Crippen LogP contribution in [0.5, 0.6) is 6.01 Å². The van der Waals surface area contributed by atoms with E-state index in [4.69, 9.17) is 31.0 Å². The van der Waals surface area contributed by atoms with E-state index in [2.05, 4.69) is 46.7 Å². The Morgan fingerprint density at radius 2 is 1.94 bits per heavy atom. The van der Waals surface area contributed by atoms with Crippen LogP contribution in [0.15, 0.2) is 16.6 Å². The van der Waals surface area contributed by atoms with E-state index >= 15 is 0 Å². The summed E-state index contributed by atoms with van der Waals surface area (Å²) in [5.74, 6) is 0.773. The molecule has 10 heteroatoms. The molecule has 1 aliphatic carbocycles. The lowest BCUT2D eigenvalue weighted by molar-refractivity contribution is 0.0218. The van der Waals surface area contributed by atoms with Crippen molar-refractivity contribution >= 4 is 50.3 Å². The van der Waals surface area contributed by atoms with Crippen molar-refractivity contribution in [1.82, 2.24) is 19.8 Å². The van der Waals surface area contributed by atoms with Crippen molar-refractivity contribution in [1.29, 1.82) is 0 Å². The van der Waals surface area contributed by atoms with Gasteiger partial charge in [0, 0.05) is 41.6 Å². The van der Waals surface area contributed by atoms with Gasteiger partial charge >= 0.3 is 12.1 Å². The Morgan fingerprint density at radius 1 is 1.20 bits per heavy atom. The van der Waals surface area contributed by atoms with Crippen molar-refractivity contribution in [3.8, 4) is 6.01 Å². The summed E-state index contributed by atoms with van der Waals surface area (Å²) in [6.07, 6.45) is 2.97. The Balaban J connectivity index is 1.64. The van der Waals surface area contributed by atoms with Crippen LogP contribution in [0.1, 0.15) is 47.0 Å². The number of hydrogen-bond acceptors (Lipinski definition) is 7. The zero-order valence-electron chi connectivity index (χ0n) is 21.3. The standard InChI is InChI=1S/C25H35BrClN5O3/c1-15-14-31(24(33)35-25(2,3)4)10-11-32(15)22-16-12-18(27)17(26)13-19(16)28-23(29-22)34-21-9-7-8-20(21)30(5)6/h12-13,15,20-21H,7-11,14H2,1-6H3/t15-,20?,21?/m0/s1. The van der Waals surface area contributed by atoms with Crippen LogP contribution < -0.4 is 9.64 Å². The van der Waals surface area contributed by atoms with Crippen molar-refractivity contribution in [2.75, 3.05) is 38.6 Å². The first-order valence-electron chi connectivity index (χ1n) is 12.2. The molecule has 2 unspecified atom stereocenters. The van der Waals surface area contributed by atoms with Gasteiger partial charge in [-0.2, -0.15) is 9.97 Å². The van der Waals surface area contributed by atoms with E-state index in [0.29, 0.717) is 36.7 Å². The van der Waals surface area contributed by atoms with Gasteiger partial charge in [0.1, 0.15) is 17.5 Å². The first-order valence-corrected chi connectivity index (χ1v) is 13.3. The summed E-state index contributed by atoms with van der Waals surface area (Å²) in [6.45, 7) is 9.42. The van der Waals surface area contributed by atoms with E-state index < -0.39 is 5.60 Å². The van der Waals surface area contributed by atoms with Gasteiger partial charge in [0.25, 0.3) is 0 Å². The lowest BCUT2D eigenvalue weighted by atomic mass is 10.1. The van der Waals surface area contributed by atoms with Crippen molar-refractivity contribution in [2.45, 2.75) is 70.7 Å². The normalized spacial score (nSPS) is 23.3. The lowest BCUT2D eigenvalue weighted by Crippen LogP contribution is -2.55. The number of ether oxygens (including phenoxy) is 2. The number of anilines is 1. The molecule has 2 aromatic rings. The Morgan fingerprint density at radius 3 is 2.60 bits per heavy atom. The second kappa shape index (κ2) is 10.3. The summed E-state index contributed by atoms with van der Waals surface area (Å²) >= 11 is 9.99. The topological polar surface area (TPSA) is 71.0 Å². The Kier molecular flexibility index (Phi) is 7.69. The van der Waals surface area contributed by atoms with Gasteiger partial charge in [-0.1, -0.05) is 11.6 Å². The molecule has 1 aliphatic heterocycles. The van der Waals surface area contributed by atoms with Gasteiger partial charge in [0.15, 0.2) is 0 Å². The fourth-order valence-corrected chi connectivity index (χ4v) is 5.39. The quantitative estimate of drug-likeness (QED) is 0.492. The van der Waals surface area contributed by atoms with E-state index in [1.165, 1.54) is 0 Å². The number of fused-ring (bicyclic) bond motifs is 1. The summed E-state index contributed by atoms with van der Waals surface area (Å²) in [4.78, 5) is 28.5. The van der Waals surface area contributed by atoms with Crippen LogP contribution in [0.3, 0.4) is 0 Å². The van der Waals surface area contributed by atoms with Crippen LogP contribution in [0.25, 0.3) is 10.9 Å². The molecule has 1 amide bonds. The summed E-state index contributed by atoms with van der Waals surface area (Å²) in [6, 6.07) is 4.54. The van der Waals surface area contributed by atoms with E-state index in [0.717, 1.165) is 40.5 Å². The predicted octanol–water partition coefficient (Wildman–Crippen LogP) is 5.35. The number of rotatable bonds is 4. The van der Waals surface area contributed by atoms with Crippen molar-refractivity contribution < 1.29 is 14.3 Å². The number of benzene rings is 1. The molecule has 0 spiro atoms. The molecule has 192 valence electrons. The molecule has 4 rings (SSSR count). The number of likely N-dealkylation sites (N-methyl/N-ethyl adjacent to an activating group) is 1. The molecule has 1 saturated heterocycles. The Bertz CT molecular complexity index is 1090. The van der Waals surface area contributed by atoms with Crippen LogP contribution in [0.4, 0.5) is 10.6 Å². The van der Waals surface area contributed by atoms with Crippen LogP contribution in [-0.4, -0.2) is 83.4 Å². The number of carbonyl (C=O) groups excluding carboxylic acids is 1. The van der Waals surface area contributed by atoms with Gasteiger partial charge < -0.3 is 24.2 Å². The van der Waals surface area contributed by atoms with Gasteiger partial charge in [-0.25, -0.2) is 4.79 Å². The maximum absolute atomic E-state index is 12.6. The highest BCUT2D eigenvalue weighted by Crippen LogP contribution is 2.36. The highest BCUT2D eigenvalue weighted by molar-refractivity contribution is 9.10. The molecule has 0 radical (unpaired) electrons. The molecule has 35 heavy (non-hydrogen) atoms. The fourth-order valence-electron chi connectivity index (χ4n) is 4.89. The molecule has 8 nitrogen and oxygen atoms in total. The van der Waals surface area contributed by atoms with Gasteiger partial charge in [-0.05, 0) is 89.1 Å². The Hall–Kier alpha value is -1.84. The zero-order valence-corrected chi connectivity index (χ0v) is 23.7. The van der Waals surface area contributed by atoms with Gasteiger partial charge in [0.05, 0.1) is 10.5 Å². The van der Waals surface area contributed by atoms with Crippen molar-refractivity contribution in [3.63, 3.8) is 0 Å². The van der Waals surface area contributed by atoms with Crippen LogP contribution in [0.2, 0.25) is 5.02 Å².